The predicted octanol–water partition coefficient (Wildman–Crippen LogP) is 1.06. The number of nitrogens with zero attached hydrogens (tertiary/aromatic N) is 3. The number of likely N-dealkylation sites (N-methyl/N-ethyl adjacent to an activating group) is 1. The van der Waals surface area contributed by atoms with Gasteiger partial charge in [0.1, 0.15) is 11.5 Å². The molecule has 0 atom stereocenters. The standard InChI is InChI=1S/C13H20N4O3S/c1-11-4-5-12(20-11)10-17(9-8-16(2)3)21(18,19)13-6-7-14-15-13/h4-7H,8-10H2,1-3H3,(H,14,15). The molecule has 8 heteroatoms. The molecule has 7 nitrogen and oxygen atoms in total. The maximum atomic E-state index is 12.6. The van der Waals surface area contributed by atoms with Gasteiger partial charge in [0.25, 0.3) is 10.0 Å². The molecule has 1 N–H and O–H groups in total. The molecular weight excluding hydrogens is 292 g/mol. The van der Waals surface area contributed by atoms with Crippen LogP contribution in [-0.2, 0) is 16.6 Å². The topological polar surface area (TPSA) is 82.4 Å². The van der Waals surface area contributed by atoms with Crippen LogP contribution in [0.1, 0.15) is 11.5 Å². The predicted molar refractivity (Wildman–Crippen MR) is 78.2 cm³/mol. The first kappa shape index (κ1) is 15.7. The molecule has 0 aliphatic heterocycles. The molecule has 0 amide bonds. The van der Waals surface area contributed by atoms with Crippen LogP contribution in [0.3, 0.4) is 0 Å². The number of nitrogens with one attached hydrogen (secondary N) is 1. The van der Waals surface area contributed by atoms with Gasteiger partial charge in [-0.15, -0.1) is 0 Å². The summed E-state index contributed by atoms with van der Waals surface area (Å²) >= 11 is 0. The van der Waals surface area contributed by atoms with Crippen molar-refractivity contribution in [3.8, 4) is 0 Å². The molecule has 0 aliphatic rings. The Bertz CT molecular complexity index is 661. The summed E-state index contributed by atoms with van der Waals surface area (Å²) in [4.78, 5) is 1.93. The summed E-state index contributed by atoms with van der Waals surface area (Å²) in [5.74, 6) is 1.38. The van der Waals surface area contributed by atoms with Crippen LogP contribution in [-0.4, -0.2) is 55.0 Å². The lowest BCUT2D eigenvalue weighted by atomic mass is 10.4. The smallest absolute Gasteiger partial charge is 0.260 e. The average molecular weight is 312 g/mol. The van der Waals surface area contributed by atoms with Crippen molar-refractivity contribution < 1.29 is 12.8 Å². The molecule has 2 aromatic rings. The van der Waals surface area contributed by atoms with Crippen LogP contribution in [0.25, 0.3) is 0 Å². The first-order valence-corrected chi connectivity index (χ1v) is 8.03. The maximum Gasteiger partial charge on any atom is 0.260 e. The van der Waals surface area contributed by atoms with Crippen molar-refractivity contribution in [1.29, 1.82) is 0 Å². The zero-order valence-corrected chi connectivity index (χ0v) is 13.2. The number of sulfonamides is 1. The van der Waals surface area contributed by atoms with E-state index < -0.39 is 10.0 Å². The number of hydrogen-bond donors (Lipinski definition) is 1. The maximum absolute atomic E-state index is 12.6. The van der Waals surface area contributed by atoms with E-state index in [1.807, 2.05) is 32.0 Å². The second-order valence-corrected chi connectivity index (χ2v) is 6.98. The molecule has 2 rings (SSSR count). The van der Waals surface area contributed by atoms with Crippen molar-refractivity contribution in [1.82, 2.24) is 19.4 Å². The molecule has 0 aliphatic carbocycles. The summed E-state index contributed by atoms with van der Waals surface area (Å²) in [6.07, 6.45) is 1.42. The Labute approximate surface area is 124 Å². The minimum atomic E-state index is -3.61. The van der Waals surface area contributed by atoms with E-state index in [4.69, 9.17) is 4.42 Å². The number of hydrogen-bond acceptors (Lipinski definition) is 5. The zero-order chi connectivity index (χ0) is 15.5. The van der Waals surface area contributed by atoms with Crippen LogP contribution in [0.4, 0.5) is 0 Å². The van der Waals surface area contributed by atoms with E-state index in [0.717, 1.165) is 5.76 Å². The highest BCUT2D eigenvalue weighted by Crippen LogP contribution is 2.17. The van der Waals surface area contributed by atoms with Crippen molar-refractivity contribution in [2.75, 3.05) is 27.2 Å². The van der Waals surface area contributed by atoms with E-state index >= 15 is 0 Å². The molecule has 0 saturated carbocycles. The van der Waals surface area contributed by atoms with Crippen LogP contribution >= 0.6 is 0 Å². The van der Waals surface area contributed by atoms with Gasteiger partial charge in [-0.2, -0.15) is 9.40 Å². The third kappa shape index (κ3) is 3.93. The Morgan fingerprint density at radius 2 is 2.00 bits per heavy atom. The van der Waals surface area contributed by atoms with E-state index in [-0.39, 0.29) is 11.6 Å². The van der Waals surface area contributed by atoms with Crippen LogP contribution < -0.4 is 0 Å². The number of rotatable bonds is 7. The Morgan fingerprint density at radius 1 is 1.24 bits per heavy atom. The fourth-order valence-electron chi connectivity index (χ4n) is 1.87. The van der Waals surface area contributed by atoms with E-state index in [9.17, 15) is 8.42 Å². The SMILES string of the molecule is Cc1ccc(CN(CCN(C)C)S(=O)(=O)c2ccn[nH]2)o1. The third-order valence-electron chi connectivity index (χ3n) is 3.02. The lowest BCUT2D eigenvalue weighted by Crippen LogP contribution is -2.36. The molecule has 0 fully saturated rings. The van der Waals surface area contributed by atoms with Gasteiger partial charge in [-0.25, -0.2) is 8.42 Å². The quantitative estimate of drug-likeness (QED) is 0.827. The number of aromatic amines is 1. The molecule has 116 valence electrons. The van der Waals surface area contributed by atoms with Crippen LogP contribution in [0.2, 0.25) is 0 Å². The number of aromatic nitrogens is 2. The molecule has 0 bridgehead atoms. The van der Waals surface area contributed by atoms with Crippen LogP contribution in [0.5, 0.6) is 0 Å². The van der Waals surface area contributed by atoms with Gasteiger partial charge in [-0.3, -0.25) is 5.10 Å². The van der Waals surface area contributed by atoms with Crippen LogP contribution in [0.15, 0.2) is 33.8 Å². The molecular formula is C13H20N4O3S. The number of furan rings is 1. The summed E-state index contributed by atoms with van der Waals surface area (Å²) in [6.45, 7) is 3.02. The molecule has 0 radical (unpaired) electrons. The molecule has 0 unspecified atom stereocenters. The first-order chi connectivity index (χ1) is 9.89. The van der Waals surface area contributed by atoms with Gasteiger partial charge in [0.15, 0.2) is 5.03 Å². The van der Waals surface area contributed by atoms with E-state index in [2.05, 4.69) is 10.2 Å². The zero-order valence-electron chi connectivity index (χ0n) is 12.4. The average Bonchev–Trinajstić information content (AvgIpc) is 3.05. The molecule has 2 heterocycles. The third-order valence-corrected chi connectivity index (χ3v) is 4.79. The molecule has 0 spiro atoms. The Morgan fingerprint density at radius 3 is 2.52 bits per heavy atom. The highest BCUT2D eigenvalue weighted by molar-refractivity contribution is 7.89. The monoisotopic (exact) mass is 312 g/mol. The minimum Gasteiger partial charge on any atom is -0.465 e. The highest BCUT2D eigenvalue weighted by Gasteiger charge is 2.26. The van der Waals surface area contributed by atoms with E-state index in [0.29, 0.717) is 18.8 Å². The van der Waals surface area contributed by atoms with Crippen molar-refractivity contribution in [2.45, 2.75) is 18.5 Å². The van der Waals surface area contributed by atoms with Gasteiger partial charge < -0.3 is 9.32 Å². The van der Waals surface area contributed by atoms with E-state index in [1.165, 1.54) is 16.6 Å². The summed E-state index contributed by atoms with van der Waals surface area (Å²) in [7, 11) is 0.188. The summed E-state index contributed by atoms with van der Waals surface area (Å²) in [6, 6.07) is 5.06. The van der Waals surface area contributed by atoms with Crippen molar-refractivity contribution in [3.05, 3.63) is 35.9 Å². The van der Waals surface area contributed by atoms with Gasteiger partial charge in [0.05, 0.1) is 12.7 Å². The van der Waals surface area contributed by atoms with E-state index in [1.54, 1.807) is 6.07 Å². The summed E-state index contributed by atoms with van der Waals surface area (Å²) in [5, 5.41) is 6.31. The Hall–Kier alpha value is -1.64. The second kappa shape index (κ2) is 6.42. The Balaban J connectivity index is 2.23. The molecule has 0 saturated heterocycles. The van der Waals surface area contributed by atoms with Gasteiger partial charge in [0, 0.05) is 13.1 Å². The fraction of sp³-hybridized carbons (Fsp3) is 0.462. The molecule has 0 aromatic carbocycles. The molecule has 21 heavy (non-hydrogen) atoms. The first-order valence-electron chi connectivity index (χ1n) is 6.59. The van der Waals surface area contributed by atoms with Gasteiger partial charge >= 0.3 is 0 Å². The second-order valence-electron chi connectivity index (χ2n) is 5.08. The Kier molecular flexibility index (Phi) is 4.81. The van der Waals surface area contributed by atoms with Crippen molar-refractivity contribution >= 4 is 10.0 Å². The fourth-order valence-corrected chi connectivity index (χ4v) is 3.16. The molecule has 2 aromatic heterocycles. The number of aryl methyl sites for hydroxylation is 1. The van der Waals surface area contributed by atoms with Gasteiger partial charge in [-0.1, -0.05) is 0 Å². The largest absolute Gasteiger partial charge is 0.465 e. The van der Waals surface area contributed by atoms with Crippen molar-refractivity contribution in [2.24, 2.45) is 0 Å². The lowest BCUT2D eigenvalue weighted by molar-refractivity contribution is 0.309. The lowest BCUT2D eigenvalue weighted by Gasteiger charge is -2.22. The van der Waals surface area contributed by atoms with Crippen LogP contribution in [0, 0.1) is 6.92 Å². The van der Waals surface area contributed by atoms with Gasteiger partial charge in [0.2, 0.25) is 0 Å². The van der Waals surface area contributed by atoms with Crippen molar-refractivity contribution in [3.63, 3.8) is 0 Å². The highest BCUT2D eigenvalue weighted by atomic mass is 32.2. The summed E-state index contributed by atoms with van der Waals surface area (Å²) in [5.41, 5.74) is 0. The summed E-state index contributed by atoms with van der Waals surface area (Å²) < 4.78 is 32.1. The normalized spacial score (nSPS) is 12.4. The number of H-pyrrole nitrogens is 1. The van der Waals surface area contributed by atoms with Gasteiger partial charge in [-0.05, 0) is 39.2 Å². The minimum absolute atomic E-state index is 0.0875.